The Morgan fingerprint density at radius 1 is 0.761 bits per heavy atom. The molecule has 4 aromatic rings. The second-order valence-corrected chi connectivity index (χ2v) is 14.0. The molecule has 0 unspecified atom stereocenters. The number of primary amides is 1. The molecule has 2 aromatic carbocycles. The van der Waals surface area contributed by atoms with E-state index in [2.05, 4.69) is 44.0 Å². The number of nitriles is 1. The van der Waals surface area contributed by atoms with Gasteiger partial charge in [-0.15, -0.1) is 0 Å². The van der Waals surface area contributed by atoms with E-state index in [1.807, 2.05) is 67.4 Å². The molecule has 0 atom stereocenters. The average molecular weight is 621 g/mol. The molecule has 1 amide bonds. The van der Waals surface area contributed by atoms with Crippen LogP contribution in [0, 0.1) is 49.9 Å². The number of benzene rings is 2. The summed E-state index contributed by atoms with van der Waals surface area (Å²) in [5.41, 5.74) is 14.9. The minimum atomic E-state index is -0.441. The maximum absolute atomic E-state index is 12.5. The molecule has 0 radical (unpaired) electrons. The van der Waals surface area contributed by atoms with Gasteiger partial charge in [-0.2, -0.15) is 15.5 Å². The number of hydrogen-bond acceptors (Lipinski definition) is 6. The molecule has 0 aliphatic heterocycles. The minimum Gasteiger partial charge on any atom is -0.366 e. The predicted octanol–water partition coefficient (Wildman–Crippen LogP) is 6.90. The summed E-state index contributed by atoms with van der Waals surface area (Å²) in [5, 5.41) is 18.2. The molecule has 2 aromatic heterocycles. The Morgan fingerprint density at radius 3 is 1.59 bits per heavy atom. The summed E-state index contributed by atoms with van der Waals surface area (Å²) < 4.78 is 3.71. The molecule has 9 nitrogen and oxygen atoms in total. The Kier molecular flexibility index (Phi) is 9.00. The Hall–Kier alpha value is -4.84. The van der Waals surface area contributed by atoms with Crippen molar-refractivity contribution in [2.45, 2.75) is 88.5 Å². The lowest BCUT2D eigenvalue weighted by molar-refractivity contribution is 0.0900. The number of nitrogens with two attached hydrogens (primary N) is 1. The Morgan fingerprint density at radius 2 is 1.20 bits per heavy atom. The van der Waals surface area contributed by atoms with Gasteiger partial charge in [-0.05, 0) is 98.9 Å². The first-order chi connectivity index (χ1) is 21.0. The highest BCUT2D eigenvalue weighted by Gasteiger charge is 2.37. The summed E-state index contributed by atoms with van der Waals surface area (Å²) >= 11 is 0. The first kappa shape index (κ1) is 34.0. The van der Waals surface area contributed by atoms with Gasteiger partial charge in [-0.1, -0.05) is 35.1 Å². The van der Waals surface area contributed by atoms with E-state index in [9.17, 15) is 14.4 Å². The van der Waals surface area contributed by atoms with Crippen molar-refractivity contribution < 1.29 is 14.4 Å². The molecular weight excluding hydrogens is 576 g/mol. The zero-order valence-electron chi connectivity index (χ0n) is 27.3. The molecule has 0 saturated heterocycles. The van der Waals surface area contributed by atoms with Crippen LogP contribution in [-0.2, 0) is 12.8 Å². The molecule has 0 spiro atoms. The zero-order chi connectivity index (χ0) is 33.0. The molecule has 2 aliphatic carbocycles. The fraction of sp³-hybridized carbons (Fsp3) is 0.405. The molecule has 2 N–H and O–H groups in total. The van der Waals surface area contributed by atoms with Crippen molar-refractivity contribution in [3.63, 3.8) is 0 Å². The number of fused-ring (bicyclic) bond motifs is 2. The number of nitrogens with zero attached hydrogens (tertiary/aromatic N) is 5. The molecule has 0 saturated carbocycles. The molecular formula is C37H44N6O3. The maximum atomic E-state index is 12.5. The summed E-state index contributed by atoms with van der Waals surface area (Å²) in [6.07, 6.45) is 2.74. The molecule has 9 heteroatoms. The van der Waals surface area contributed by atoms with Gasteiger partial charge >= 0.3 is 0 Å². The van der Waals surface area contributed by atoms with E-state index in [0.717, 1.165) is 69.2 Å². The van der Waals surface area contributed by atoms with E-state index >= 15 is 0 Å². The number of Topliss-reactive ketones (excluding diaryl/α,β-unsaturated/α-hetero) is 2. The number of rotatable bonds is 3. The van der Waals surface area contributed by atoms with Crippen LogP contribution in [0.4, 0.5) is 0 Å². The van der Waals surface area contributed by atoms with Crippen molar-refractivity contribution in [1.29, 1.82) is 5.26 Å². The first-order valence-corrected chi connectivity index (χ1v) is 15.2. The van der Waals surface area contributed by atoms with Crippen molar-refractivity contribution in [3.8, 4) is 17.4 Å². The van der Waals surface area contributed by atoms with E-state index in [4.69, 9.17) is 11.0 Å². The summed E-state index contributed by atoms with van der Waals surface area (Å²) in [4.78, 5) is 36.3. The van der Waals surface area contributed by atoms with E-state index in [-0.39, 0.29) is 29.8 Å². The third-order valence-corrected chi connectivity index (χ3v) is 8.74. The summed E-state index contributed by atoms with van der Waals surface area (Å²) in [6.45, 7) is 16.0. The van der Waals surface area contributed by atoms with Gasteiger partial charge in [0, 0.05) is 18.4 Å². The van der Waals surface area contributed by atoms with Gasteiger partial charge < -0.3 is 5.73 Å². The van der Waals surface area contributed by atoms with Crippen LogP contribution in [-0.4, -0.2) is 37.0 Å². The lowest BCUT2D eigenvalue weighted by Crippen LogP contribution is -2.28. The van der Waals surface area contributed by atoms with Gasteiger partial charge in [0.2, 0.25) is 5.91 Å². The number of carbonyl (C=O) groups excluding carboxylic acids is 3. The van der Waals surface area contributed by atoms with E-state index < -0.39 is 5.91 Å². The number of hydrogen-bond donors (Lipinski definition) is 1. The van der Waals surface area contributed by atoms with Crippen molar-refractivity contribution in [2.75, 3.05) is 0 Å². The monoisotopic (exact) mass is 620 g/mol. The molecule has 2 aliphatic rings. The fourth-order valence-corrected chi connectivity index (χ4v) is 6.67. The third kappa shape index (κ3) is 6.30. The normalized spacial score (nSPS) is 15.9. The van der Waals surface area contributed by atoms with Crippen molar-refractivity contribution in [3.05, 3.63) is 92.6 Å². The number of ketones is 2. The first-order valence-electron chi connectivity index (χ1n) is 15.2. The quantitative estimate of drug-likeness (QED) is 0.265. The minimum absolute atomic E-state index is 0. The van der Waals surface area contributed by atoms with Crippen LogP contribution in [0.3, 0.4) is 0 Å². The van der Waals surface area contributed by atoms with Gasteiger partial charge in [0.15, 0.2) is 11.6 Å². The summed E-state index contributed by atoms with van der Waals surface area (Å²) in [5.74, 6) is -0.102. The number of aryl methyl sites for hydroxylation is 4. The van der Waals surface area contributed by atoms with Crippen LogP contribution in [0.2, 0.25) is 0 Å². The standard InChI is InChI=1S/C18H21N3O2.C18H19N3O.CH4/c1-10-7-12(5-6-13(10)17(19)23)21-14-8-18(3,4)9-15(22)16(14)11(2)20-21;1-11-7-14(6-5-13(11)10-19)21-15-8-18(3,4)9-16(22)17(15)12(2)20-21;/h5-7H,8-9H2,1-4H3,(H2,19,23);5-7H,8-9H2,1-4H3;1H4. The summed E-state index contributed by atoms with van der Waals surface area (Å²) in [6, 6.07) is 13.3. The van der Waals surface area contributed by atoms with Gasteiger partial charge in [0.25, 0.3) is 0 Å². The predicted molar refractivity (Wildman–Crippen MR) is 179 cm³/mol. The molecule has 2 heterocycles. The molecule has 46 heavy (non-hydrogen) atoms. The SMILES string of the molecule is C.Cc1cc(-n2nc(C)c3c2CC(C)(C)CC3=O)ccc1C#N.Cc1cc(-n2nc(C)c3c2CC(C)(C)CC3=O)ccc1C(N)=O. The van der Waals surface area contributed by atoms with Crippen LogP contribution in [0.1, 0.15) is 119 Å². The molecule has 0 bridgehead atoms. The van der Waals surface area contributed by atoms with Gasteiger partial charge in [-0.25, -0.2) is 9.36 Å². The van der Waals surface area contributed by atoms with Crippen LogP contribution in [0.25, 0.3) is 11.4 Å². The second-order valence-electron chi connectivity index (χ2n) is 14.0. The largest absolute Gasteiger partial charge is 0.366 e. The average Bonchev–Trinajstić information content (AvgIpc) is 3.43. The topological polar surface area (TPSA) is 137 Å². The Bertz CT molecular complexity index is 1930. The van der Waals surface area contributed by atoms with Gasteiger partial charge in [-0.3, -0.25) is 14.4 Å². The van der Waals surface area contributed by atoms with Crippen LogP contribution in [0.5, 0.6) is 0 Å². The second kappa shape index (κ2) is 12.2. The van der Waals surface area contributed by atoms with Crippen LogP contribution >= 0.6 is 0 Å². The van der Waals surface area contributed by atoms with E-state index in [1.165, 1.54) is 0 Å². The summed E-state index contributed by atoms with van der Waals surface area (Å²) in [7, 11) is 0. The van der Waals surface area contributed by atoms with Crippen molar-refractivity contribution in [1.82, 2.24) is 19.6 Å². The van der Waals surface area contributed by atoms with E-state index in [0.29, 0.717) is 24.0 Å². The van der Waals surface area contributed by atoms with Crippen molar-refractivity contribution >= 4 is 17.5 Å². The zero-order valence-corrected chi connectivity index (χ0v) is 27.3. The maximum Gasteiger partial charge on any atom is 0.248 e. The Labute approximate surface area is 271 Å². The highest BCUT2D eigenvalue weighted by atomic mass is 16.1. The fourth-order valence-electron chi connectivity index (χ4n) is 6.67. The number of amides is 1. The Balaban J connectivity index is 0.000000205. The lowest BCUT2D eigenvalue weighted by Gasteiger charge is -2.29. The third-order valence-electron chi connectivity index (χ3n) is 8.74. The van der Waals surface area contributed by atoms with Crippen molar-refractivity contribution in [2.24, 2.45) is 16.6 Å². The highest BCUT2D eigenvalue weighted by molar-refractivity contribution is 6.00. The van der Waals surface area contributed by atoms with E-state index in [1.54, 1.807) is 6.07 Å². The number of aromatic nitrogens is 4. The smallest absolute Gasteiger partial charge is 0.248 e. The molecule has 0 fully saturated rings. The number of carbonyl (C=O) groups is 3. The molecule has 240 valence electrons. The molecule has 6 rings (SSSR count). The highest BCUT2D eigenvalue weighted by Crippen LogP contribution is 2.38. The van der Waals surface area contributed by atoms with Gasteiger partial charge in [0.1, 0.15) is 0 Å². The van der Waals surface area contributed by atoms with Crippen LogP contribution in [0.15, 0.2) is 36.4 Å². The van der Waals surface area contributed by atoms with Crippen LogP contribution < -0.4 is 5.73 Å². The lowest BCUT2D eigenvalue weighted by atomic mass is 9.75. The van der Waals surface area contributed by atoms with Gasteiger partial charge in [0.05, 0.1) is 56.9 Å².